The summed E-state index contributed by atoms with van der Waals surface area (Å²) < 4.78 is 1.18. The first kappa shape index (κ1) is 15.3. The van der Waals surface area contributed by atoms with Crippen molar-refractivity contribution in [3.05, 3.63) is 35.2 Å². The molecular weight excluding hydrogens is 292 g/mol. The molecule has 0 radical (unpaired) electrons. The van der Waals surface area contributed by atoms with E-state index >= 15 is 0 Å². The molecule has 2 atom stereocenters. The van der Waals surface area contributed by atoms with Gasteiger partial charge < -0.3 is 10.2 Å². The van der Waals surface area contributed by atoms with Crippen LogP contribution < -0.4 is 5.32 Å². The van der Waals surface area contributed by atoms with E-state index in [0.29, 0.717) is 6.04 Å². The number of halogens is 1. The Labute approximate surface area is 129 Å². The molecule has 0 saturated carbocycles. The lowest BCUT2D eigenvalue weighted by Gasteiger charge is -2.38. The maximum atomic E-state index is 12.6. The second kappa shape index (κ2) is 6.12. The Hall–Kier alpha value is -1.10. The Morgan fingerprint density at radius 2 is 2.10 bits per heavy atom. The summed E-state index contributed by atoms with van der Waals surface area (Å²) in [5.41, 5.74) is 0. The van der Waals surface area contributed by atoms with E-state index in [9.17, 15) is 4.79 Å². The molecule has 2 heterocycles. The first-order chi connectivity index (χ1) is 9.16. The molecule has 1 N–H and O–H groups in total. The van der Waals surface area contributed by atoms with Crippen LogP contribution in [0.25, 0.3) is 10.1 Å². The van der Waals surface area contributed by atoms with Gasteiger partial charge in [0.2, 0.25) is 0 Å². The molecule has 1 aromatic carbocycles. The van der Waals surface area contributed by atoms with Gasteiger partial charge in [-0.05, 0) is 31.4 Å². The Kier molecular flexibility index (Phi) is 4.68. The number of nitrogens with zero attached hydrogens (tertiary/aromatic N) is 1. The van der Waals surface area contributed by atoms with Crippen molar-refractivity contribution in [2.45, 2.75) is 25.9 Å². The van der Waals surface area contributed by atoms with Gasteiger partial charge in [-0.2, -0.15) is 0 Å². The number of hydrogen-bond donors (Lipinski definition) is 1. The van der Waals surface area contributed by atoms with Gasteiger partial charge >= 0.3 is 0 Å². The number of amides is 1. The summed E-state index contributed by atoms with van der Waals surface area (Å²) in [6, 6.07) is 10.8. The fourth-order valence-electron chi connectivity index (χ4n) is 2.57. The number of thiophene rings is 1. The van der Waals surface area contributed by atoms with Crippen molar-refractivity contribution >= 4 is 39.7 Å². The van der Waals surface area contributed by atoms with Crippen molar-refractivity contribution in [3.63, 3.8) is 0 Å². The van der Waals surface area contributed by atoms with Gasteiger partial charge in [0.25, 0.3) is 5.91 Å². The first-order valence-corrected chi connectivity index (χ1v) is 7.51. The van der Waals surface area contributed by atoms with Gasteiger partial charge in [0.05, 0.1) is 4.88 Å². The third-order valence-corrected chi connectivity index (χ3v) is 5.04. The zero-order valence-corrected chi connectivity index (χ0v) is 13.3. The largest absolute Gasteiger partial charge is 0.332 e. The summed E-state index contributed by atoms with van der Waals surface area (Å²) in [5, 5.41) is 4.56. The van der Waals surface area contributed by atoms with Crippen LogP contribution in [0.1, 0.15) is 23.5 Å². The molecule has 3 rings (SSSR count). The SMILES string of the molecule is CC1NCCN(C(=O)c2cc3ccccc3s2)C1C.Cl. The summed E-state index contributed by atoms with van der Waals surface area (Å²) in [6.45, 7) is 5.91. The molecule has 1 aromatic heterocycles. The third-order valence-electron chi connectivity index (χ3n) is 3.93. The minimum absolute atomic E-state index is 0. The number of piperazine rings is 1. The summed E-state index contributed by atoms with van der Waals surface area (Å²) in [5.74, 6) is 0.169. The topological polar surface area (TPSA) is 32.3 Å². The van der Waals surface area contributed by atoms with Crippen LogP contribution in [0.4, 0.5) is 0 Å². The molecule has 1 aliphatic rings. The number of rotatable bonds is 1. The molecule has 1 saturated heterocycles. The monoisotopic (exact) mass is 310 g/mol. The quantitative estimate of drug-likeness (QED) is 0.877. The van der Waals surface area contributed by atoms with E-state index in [1.165, 1.54) is 4.70 Å². The van der Waals surface area contributed by atoms with E-state index in [1.54, 1.807) is 11.3 Å². The van der Waals surface area contributed by atoms with Gasteiger partial charge in [-0.1, -0.05) is 18.2 Å². The number of nitrogens with one attached hydrogen (secondary N) is 1. The lowest BCUT2D eigenvalue weighted by atomic mass is 10.1. The zero-order chi connectivity index (χ0) is 13.4. The van der Waals surface area contributed by atoms with Crippen molar-refractivity contribution in [2.24, 2.45) is 0 Å². The summed E-state index contributed by atoms with van der Waals surface area (Å²) in [4.78, 5) is 15.5. The van der Waals surface area contributed by atoms with Crippen molar-refractivity contribution in [2.75, 3.05) is 13.1 Å². The number of benzene rings is 1. The molecule has 1 fully saturated rings. The molecule has 1 amide bonds. The van der Waals surface area contributed by atoms with Gasteiger partial charge in [-0.25, -0.2) is 0 Å². The molecule has 0 aliphatic carbocycles. The van der Waals surface area contributed by atoms with Crippen LogP contribution in [0.2, 0.25) is 0 Å². The van der Waals surface area contributed by atoms with Gasteiger partial charge in [0.15, 0.2) is 0 Å². The molecule has 2 aromatic rings. The van der Waals surface area contributed by atoms with Crippen LogP contribution in [-0.2, 0) is 0 Å². The predicted molar refractivity (Wildman–Crippen MR) is 87.0 cm³/mol. The average molecular weight is 311 g/mol. The zero-order valence-electron chi connectivity index (χ0n) is 11.6. The minimum atomic E-state index is 0. The summed E-state index contributed by atoms with van der Waals surface area (Å²) in [7, 11) is 0. The molecular formula is C15H19ClN2OS. The molecule has 108 valence electrons. The van der Waals surface area contributed by atoms with Crippen LogP contribution in [0, 0.1) is 0 Å². The maximum absolute atomic E-state index is 12.6. The fourth-order valence-corrected chi connectivity index (χ4v) is 3.59. The van der Waals surface area contributed by atoms with Crippen molar-refractivity contribution in [1.29, 1.82) is 0 Å². The van der Waals surface area contributed by atoms with Crippen LogP contribution in [0.15, 0.2) is 30.3 Å². The molecule has 1 aliphatic heterocycles. The Balaban J connectivity index is 0.00000147. The van der Waals surface area contributed by atoms with E-state index in [-0.39, 0.29) is 24.4 Å². The molecule has 0 spiro atoms. The standard InChI is InChI=1S/C15H18N2OS.ClH/c1-10-11(2)17(8-7-16-10)15(18)14-9-12-5-3-4-6-13(12)19-14;/h3-6,9-11,16H,7-8H2,1-2H3;1H. The second-order valence-corrected chi connectivity index (χ2v) is 6.21. The van der Waals surface area contributed by atoms with Crippen LogP contribution in [-0.4, -0.2) is 36.0 Å². The smallest absolute Gasteiger partial charge is 0.264 e. The normalized spacial score (nSPS) is 22.6. The highest BCUT2D eigenvalue weighted by Gasteiger charge is 2.29. The van der Waals surface area contributed by atoms with Crippen LogP contribution >= 0.6 is 23.7 Å². The number of fused-ring (bicyclic) bond motifs is 1. The van der Waals surface area contributed by atoms with Gasteiger partial charge in [0, 0.05) is 29.9 Å². The number of hydrogen-bond acceptors (Lipinski definition) is 3. The van der Waals surface area contributed by atoms with E-state index < -0.39 is 0 Å². The Bertz CT molecular complexity index is 580. The van der Waals surface area contributed by atoms with Crippen LogP contribution in [0.5, 0.6) is 0 Å². The van der Waals surface area contributed by atoms with E-state index in [0.717, 1.165) is 23.4 Å². The average Bonchev–Trinajstić information content (AvgIpc) is 2.85. The van der Waals surface area contributed by atoms with Crippen molar-refractivity contribution in [3.8, 4) is 0 Å². The number of carbonyl (C=O) groups excluding carboxylic acids is 1. The molecule has 20 heavy (non-hydrogen) atoms. The second-order valence-electron chi connectivity index (χ2n) is 5.13. The van der Waals surface area contributed by atoms with E-state index in [4.69, 9.17) is 0 Å². The lowest BCUT2D eigenvalue weighted by Crippen LogP contribution is -2.57. The highest BCUT2D eigenvalue weighted by atomic mass is 35.5. The molecule has 5 heteroatoms. The van der Waals surface area contributed by atoms with Crippen LogP contribution in [0.3, 0.4) is 0 Å². The summed E-state index contributed by atoms with van der Waals surface area (Å²) in [6.07, 6.45) is 0. The predicted octanol–water partition coefficient (Wildman–Crippen LogP) is 3.15. The Morgan fingerprint density at radius 1 is 1.35 bits per heavy atom. The fraction of sp³-hybridized carbons (Fsp3) is 0.400. The lowest BCUT2D eigenvalue weighted by molar-refractivity contribution is 0.0608. The van der Waals surface area contributed by atoms with E-state index in [1.807, 2.05) is 23.1 Å². The third kappa shape index (κ3) is 2.68. The van der Waals surface area contributed by atoms with Gasteiger partial charge in [-0.15, -0.1) is 23.7 Å². The molecule has 2 unspecified atom stereocenters. The minimum Gasteiger partial charge on any atom is -0.332 e. The Morgan fingerprint density at radius 3 is 2.85 bits per heavy atom. The van der Waals surface area contributed by atoms with Crippen molar-refractivity contribution < 1.29 is 4.79 Å². The van der Waals surface area contributed by atoms with Gasteiger partial charge in [-0.3, -0.25) is 4.79 Å². The first-order valence-electron chi connectivity index (χ1n) is 6.70. The van der Waals surface area contributed by atoms with Crippen molar-refractivity contribution in [1.82, 2.24) is 10.2 Å². The van der Waals surface area contributed by atoms with E-state index in [2.05, 4.69) is 31.3 Å². The highest BCUT2D eigenvalue weighted by molar-refractivity contribution is 7.20. The maximum Gasteiger partial charge on any atom is 0.264 e. The number of carbonyl (C=O) groups is 1. The molecule has 3 nitrogen and oxygen atoms in total. The van der Waals surface area contributed by atoms with Gasteiger partial charge in [0.1, 0.15) is 0 Å². The highest BCUT2D eigenvalue weighted by Crippen LogP contribution is 2.27. The molecule has 0 bridgehead atoms. The summed E-state index contributed by atoms with van der Waals surface area (Å²) >= 11 is 1.59.